The van der Waals surface area contributed by atoms with E-state index in [0.29, 0.717) is 12.5 Å². The molecular formula is C21H35NO2. The van der Waals surface area contributed by atoms with Crippen molar-refractivity contribution in [3.05, 3.63) is 0 Å². The summed E-state index contributed by atoms with van der Waals surface area (Å²) in [5.41, 5.74) is 0.586. The van der Waals surface area contributed by atoms with E-state index in [2.05, 4.69) is 6.92 Å². The van der Waals surface area contributed by atoms with E-state index in [1.165, 1.54) is 32.1 Å². The van der Waals surface area contributed by atoms with Gasteiger partial charge in [-0.1, -0.05) is 6.92 Å². The van der Waals surface area contributed by atoms with Gasteiger partial charge in [0.05, 0.1) is 11.7 Å². The van der Waals surface area contributed by atoms with E-state index in [0.717, 1.165) is 48.6 Å². The van der Waals surface area contributed by atoms with Crippen LogP contribution in [0, 0.1) is 40.4 Å². The van der Waals surface area contributed by atoms with Gasteiger partial charge < -0.3 is 15.3 Å². The van der Waals surface area contributed by atoms with Crippen molar-refractivity contribution in [1.82, 2.24) is 0 Å². The van der Waals surface area contributed by atoms with E-state index in [-0.39, 0.29) is 11.5 Å². The molecule has 0 amide bonds. The maximum absolute atomic E-state index is 10.9. The SMILES string of the molecule is CCO[C@H]1C[C@H]2[C@@H](CC[C@@H]3[C@@H]2CC[C@]2(C)C(=N)CC[C@@H]32)C[C@]1(C)O. The van der Waals surface area contributed by atoms with Gasteiger partial charge in [-0.15, -0.1) is 0 Å². The topological polar surface area (TPSA) is 53.3 Å². The van der Waals surface area contributed by atoms with Crippen molar-refractivity contribution in [3.63, 3.8) is 0 Å². The second-order valence-electron chi connectivity index (χ2n) is 9.65. The van der Waals surface area contributed by atoms with Crippen molar-refractivity contribution in [2.24, 2.45) is 35.0 Å². The average molecular weight is 334 g/mol. The molecule has 4 rings (SSSR count). The Hall–Kier alpha value is -0.410. The van der Waals surface area contributed by atoms with Gasteiger partial charge in [0, 0.05) is 17.7 Å². The van der Waals surface area contributed by atoms with Crippen LogP contribution in [-0.2, 0) is 4.74 Å². The van der Waals surface area contributed by atoms with Crippen LogP contribution in [0.5, 0.6) is 0 Å². The zero-order valence-electron chi connectivity index (χ0n) is 15.7. The normalized spacial score (nSPS) is 54.1. The summed E-state index contributed by atoms with van der Waals surface area (Å²) in [6, 6.07) is 0. The molecule has 0 bridgehead atoms. The Balaban J connectivity index is 1.56. The Morgan fingerprint density at radius 2 is 1.92 bits per heavy atom. The minimum absolute atomic E-state index is 0.0117. The fraction of sp³-hybridized carbons (Fsp3) is 0.952. The van der Waals surface area contributed by atoms with Crippen LogP contribution < -0.4 is 0 Å². The van der Waals surface area contributed by atoms with Gasteiger partial charge >= 0.3 is 0 Å². The maximum Gasteiger partial charge on any atom is 0.0883 e. The molecule has 136 valence electrons. The van der Waals surface area contributed by atoms with Gasteiger partial charge in [0.1, 0.15) is 0 Å². The summed E-state index contributed by atoms with van der Waals surface area (Å²) < 4.78 is 5.97. The first-order chi connectivity index (χ1) is 11.4. The van der Waals surface area contributed by atoms with Gasteiger partial charge in [0.15, 0.2) is 0 Å². The molecule has 2 N–H and O–H groups in total. The maximum atomic E-state index is 10.9. The second-order valence-corrected chi connectivity index (χ2v) is 9.65. The van der Waals surface area contributed by atoms with E-state index >= 15 is 0 Å². The van der Waals surface area contributed by atoms with Crippen LogP contribution in [0.15, 0.2) is 0 Å². The quantitative estimate of drug-likeness (QED) is 0.785. The third-order valence-corrected chi connectivity index (χ3v) is 8.53. The Morgan fingerprint density at radius 1 is 1.12 bits per heavy atom. The third-order valence-electron chi connectivity index (χ3n) is 8.53. The molecule has 0 aliphatic heterocycles. The van der Waals surface area contributed by atoms with Gasteiger partial charge in [-0.05, 0) is 94.8 Å². The first-order valence-electron chi connectivity index (χ1n) is 10.3. The first-order valence-corrected chi connectivity index (χ1v) is 10.3. The van der Waals surface area contributed by atoms with E-state index in [1.54, 1.807) is 0 Å². The molecule has 0 aromatic heterocycles. The summed E-state index contributed by atoms with van der Waals surface area (Å²) in [6.07, 6.45) is 9.39. The Labute approximate surface area is 147 Å². The van der Waals surface area contributed by atoms with Crippen LogP contribution in [0.4, 0.5) is 0 Å². The average Bonchev–Trinajstić information content (AvgIpc) is 2.83. The summed E-state index contributed by atoms with van der Waals surface area (Å²) in [7, 11) is 0. The lowest BCUT2D eigenvalue weighted by Gasteiger charge is -2.57. The molecule has 0 aromatic carbocycles. The van der Waals surface area contributed by atoms with E-state index in [1.807, 2.05) is 13.8 Å². The summed E-state index contributed by atoms with van der Waals surface area (Å²) in [4.78, 5) is 0. The van der Waals surface area contributed by atoms with Crippen molar-refractivity contribution in [2.45, 2.75) is 83.8 Å². The first kappa shape index (κ1) is 17.0. The zero-order valence-corrected chi connectivity index (χ0v) is 15.7. The highest BCUT2D eigenvalue weighted by molar-refractivity contribution is 5.89. The van der Waals surface area contributed by atoms with E-state index < -0.39 is 5.60 Å². The van der Waals surface area contributed by atoms with Crippen molar-refractivity contribution < 1.29 is 9.84 Å². The molecule has 0 heterocycles. The molecule has 24 heavy (non-hydrogen) atoms. The fourth-order valence-corrected chi connectivity index (χ4v) is 7.28. The molecule has 4 aliphatic carbocycles. The Bertz CT molecular complexity index is 516. The molecule has 3 nitrogen and oxygen atoms in total. The fourth-order valence-electron chi connectivity index (χ4n) is 7.28. The van der Waals surface area contributed by atoms with Crippen LogP contribution in [0.2, 0.25) is 0 Å². The van der Waals surface area contributed by atoms with Crippen LogP contribution in [0.3, 0.4) is 0 Å². The molecule has 4 saturated carbocycles. The van der Waals surface area contributed by atoms with Crippen molar-refractivity contribution in [3.8, 4) is 0 Å². The lowest BCUT2D eigenvalue weighted by Crippen LogP contribution is -2.55. The largest absolute Gasteiger partial charge is 0.387 e. The van der Waals surface area contributed by atoms with Gasteiger partial charge in [0.25, 0.3) is 0 Å². The molecule has 0 saturated heterocycles. The highest BCUT2D eigenvalue weighted by Gasteiger charge is 2.57. The van der Waals surface area contributed by atoms with Gasteiger partial charge in [-0.2, -0.15) is 0 Å². The number of ether oxygens (including phenoxy) is 1. The van der Waals surface area contributed by atoms with Gasteiger partial charge in [-0.25, -0.2) is 0 Å². The van der Waals surface area contributed by atoms with E-state index in [4.69, 9.17) is 10.1 Å². The molecular weight excluding hydrogens is 298 g/mol. The van der Waals surface area contributed by atoms with Crippen LogP contribution >= 0.6 is 0 Å². The van der Waals surface area contributed by atoms with Crippen LogP contribution in [0.25, 0.3) is 0 Å². The highest BCUT2D eigenvalue weighted by Crippen LogP contribution is 2.62. The Kier molecular flexibility index (Phi) is 4.12. The highest BCUT2D eigenvalue weighted by atomic mass is 16.5. The standard InChI is InChI=1S/C21H35NO2/c1-4-24-19-11-16-13(12-21(19,3)23)5-6-15-14(16)9-10-20(2)17(15)7-8-18(20)22/h13-17,19,22-23H,4-12H2,1-3H3/t13-,14-,15+,16-,17-,19-,20-,21-/m0/s1. The van der Waals surface area contributed by atoms with Gasteiger partial charge in [0.2, 0.25) is 0 Å². The van der Waals surface area contributed by atoms with Gasteiger partial charge in [-0.3, -0.25) is 0 Å². The molecule has 0 unspecified atom stereocenters. The van der Waals surface area contributed by atoms with Crippen molar-refractivity contribution in [1.29, 1.82) is 5.41 Å². The molecule has 0 spiro atoms. The number of aliphatic hydroxyl groups is 1. The monoisotopic (exact) mass is 333 g/mol. The van der Waals surface area contributed by atoms with Crippen LogP contribution in [-0.4, -0.2) is 29.1 Å². The minimum atomic E-state index is -0.650. The number of rotatable bonds is 2. The molecule has 0 aromatic rings. The van der Waals surface area contributed by atoms with Crippen molar-refractivity contribution >= 4 is 5.71 Å². The third kappa shape index (κ3) is 2.41. The number of hydrogen-bond acceptors (Lipinski definition) is 3. The predicted molar refractivity (Wildman–Crippen MR) is 96.3 cm³/mol. The second kappa shape index (κ2) is 5.81. The number of hydrogen-bond donors (Lipinski definition) is 2. The molecule has 3 heteroatoms. The summed E-state index contributed by atoms with van der Waals surface area (Å²) in [5.74, 6) is 3.80. The molecule has 4 fully saturated rings. The van der Waals surface area contributed by atoms with E-state index in [9.17, 15) is 5.11 Å². The smallest absolute Gasteiger partial charge is 0.0883 e. The summed E-state index contributed by atoms with van der Waals surface area (Å²) in [5, 5.41) is 19.3. The molecule has 8 atom stereocenters. The van der Waals surface area contributed by atoms with Crippen LogP contribution in [0.1, 0.15) is 72.1 Å². The molecule has 0 radical (unpaired) electrons. The minimum Gasteiger partial charge on any atom is -0.387 e. The lowest BCUT2D eigenvalue weighted by atomic mass is 9.49. The predicted octanol–water partition coefficient (Wildman–Crippen LogP) is 4.42. The Morgan fingerprint density at radius 3 is 2.67 bits per heavy atom. The number of fused-ring (bicyclic) bond motifs is 5. The summed E-state index contributed by atoms with van der Waals surface area (Å²) >= 11 is 0. The lowest BCUT2D eigenvalue weighted by molar-refractivity contribution is -0.168. The molecule has 4 aliphatic rings. The zero-order chi connectivity index (χ0) is 17.1. The van der Waals surface area contributed by atoms with Crippen molar-refractivity contribution in [2.75, 3.05) is 6.61 Å². The summed E-state index contributed by atoms with van der Waals surface area (Å²) in [6.45, 7) is 7.11. The number of nitrogens with one attached hydrogen (secondary N) is 1.